The van der Waals surface area contributed by atoms with Gasteiger partial charge in [-0.05, 0) is 67.5 Å². The van der Waals surface area contributed by atoms with Gasteiger partial charge in [0, 0.05) is 47.4 Å². The second-order valence-electron chi connectivity index (χ2n) is 13.2. The lowest BCUT2D eigenvalue weighted by molar-refractivity contribution is -0.158. The van der Waals surface area contributed by atoms with E-state index in [1.807, 2.05) is 55.7 Å². The largest absolute Gasteiger partial charge is 0.459 e. The molecule has 0 fully saturated rings. The maximum atomic E-state index is 12.9. The Balaban J connectivity index is -0.00000208. The van der Waals surface area contributed by atoms with E-state index in [9.17, 15) is 24.0 Å². The summed E-state index contributed by atoms with van der Waals surface area (Å²) in [6, 6.07) is 5.69. The van der Waals surface area contributed by atoms with Crippen LogP contribution in [0.5, 0.6) is 0 Å². The molecule has 0 saturated carbocycles. The molecule has 2 rings (SSSR count). The third-order valence-corrected chi connectivity index (χ3v) is 5.88. The predicted molar refractivity (Wildman–Crippen MR) is 200 cm³/mol. The number of Topliss-reactive ketones (excluding diaryl/α,β-unsaturated/α-hetero) is 1. The minimum Gasteiger partial charge on any atom is -0.459 e. The highest BCUT2D eigenvalue weighted by atomic mass is 16.6. The van der Waals surface area contributed by atoms with Gasteiger partial charge in [-0.1, -0.05) is 33.8 Å². The summed E-state index contributed by atoms with van der Waals surface area (Å²) in [6.45, 7) is 24.3. The highest BCUT2D eigenvalue weighted by Crippen LogP contribution is 2.11. The molecule has 2 amide bonds. The molecule has 0 atom stereocenters. The number of hydrogen-bond acceptors (Lipinski definition) is 12. The van der Waals surface area contributed by atoms with Crippen molar-refractivity contribution in [3.8, 4) is 0 Å². The summed E-state index contributed by atoms with van der Waals surface area (Å²) in [5.74, 6) is -1.17. The summed E-state index contributed by atoms with van der Waals surface area (Å²) in [4.78, 5) is 70.9. The molecule has 0 aromatic carbocycles. The molecule has 14 heteroatoms. The van der Waals surface area contributed by atoms with Gasteiger partial charge in [0.15, 0.2) is 0 Å². The lowest BCUT2D eigenvalue weighted by Gasteiger charge is -2.28. The summed E-state index contributed by atoms with van der Waals surface area (Å²) >= 11 is 0. The van der Waals surface area contributed by atoms with Crippen LogP contribution in [0.4, 0.5) is 0 Å². The van der Waals surface area contributed by atoms with Crippen LogP contribution in [0.3, 0.4) is 0 Å². The Morgan fingerprint density at radius 2 is 1.04 bits per heavy atom. The Morgan fingerprint density at radius 1 is 0.725 bits per heavy atom. The molecular formula is C37H69N5O9. The predicted octanol–water partition coefficient (Wildman–Crippen LogP) is 3.57. The standard InChI is InChI=1S/C29H47N5O7.C3H6O.2C2H6.CH4O/c1-28(2,3)40-26(37)20-31(7)24(35)18-33-12-14-39-15-13-34(17-23-11-9-10-22(16-33)30-23)19-25(36)32(8)21-27(38)41-29(4,5)6;1-3(2)4;3*1-2/h9-11H,12-21H2,1-8H3;1-2H3;2*1-2H3;2H,1H3. The monoisotopic (exact) mass is 728 g/mol. The molecule has 0 unspecified atom stereocenters. The number of pyridine rings is 1. The number of amides is 2. The molecule has 2 heterocycles. The fourth-order valence-corrected chi connectivity index (χ4v) is 4.02. The van der Waals surface area contributed by atoms with E-state index in [2.05, 4.69) is 0 Å². The van der Waals surface area contributed by atoms with Crippen molar-refractivity contribution in [1.29, 1.82) is 0 Å². The van der Waals surface area contributed by atoms with Crippen molar-refractivity contribution < 1.29 is 43.3 Å². The molecule has 0 aliphatic carbocycles. The summed E-state index contributed by atoms with van der Waals surface area (Å²) in [5.41, 5.74) is 0.313. The molecule has 0 saturated heterocycles. The van der Waals surface area contributed by atoms with Crippen molar-refractivity contribution in [1.82, 2.24) is 24.6 Å². The Hall–Kier alpha value is -3.46. The zero-order valence-electron chi connectivity index (χ0n) is 34.3. The van der Waals surface area contributed by atoms with Crippen molar-refractivity contribution in [3.05, 3.63) is 29.6 Å². The number of nitrogens with zero attached hydrogens (tertiary/aromatic N) is 5. The zero-order chi connectivity index (χ0) is 40.4. The number of fused-ring (bicyclic) bond motifs is 2. The van der Waals surface area contributed by atoms with Crippen LogP contribution in [0.15, 0.2) is 18.2 Å². The summed E-state index contributed by atoms with van der Waals surface area (Å²) in [6.07, 6.45) is 0. The van der Waals surface area contributed by atoms with Gasteiger partial charge in [-0.15, -0.1) is 0 Å². The molecule has 1 aromatic heterocycles. The SMILES string of the molecule is CC.CC.CC(C)=O.CN(CC(=O)OC(C)(C)C)C(=O)CN1CCOCCN(CC(=O)N(C)CC(=O)OC(C)(C)C)Cc2cccc(n2)C1.CO. The Bertz CT molecular complexity index is 1070. The van der Waals surface area contributed by atoms with Crippen LogP contribution in [0.2, 0.25) is 0 Å². The number of carbonyl (C=O) groups excluding carboxylic acids is 5. The number of likely N-dealkylation sites (N-methyl/N-ethyl adjacent to an activating group) is 2. The summed E-state index contributed by atoms with van der Waals surface area (Å²) in [5, 5.41) is 7.00. The van der Waals surface area contributed by atoms with E-state index in [0.717, 1.165) is 18.5 Å². The quantitative estimate of drug-likeness (QED) is 0.389. The zero-order valence-corrected chi connectivity index (χ0v) is 34.3. The Kier molecular flexibility index (Phi) is 28.7. The first-order valence-electron chi connectivity index (χ1n) is 17.5. The van der Waals surface area contributed by atoms with Gasteiger partial charge in [-0.3, -0.25) is 34.0 Å². The van der Waals surface area contributed by atoms with Gasteiger partial charge in [-0.2, -0.15) is 0 Å². The number of carbonyl (C=O) groups is 5. The maximum Gasteiger partial charge on any atom is 0.326 e. The second-order valence-corrected chi connectivity index (χ2v) is 13.2. The van der Waals surface area contributed by atoms with Crippen molar-refractivity contribution in [2.24, 2.45) is 0 Å². The summed E-state index contributed by atoms with van der Waals surface area (Å²) in [7, 11) is 4.16. The third-order valence-electron chi connectivity index (χ3n) is 5.88. The van der Waals surface area contributed by atoms with Crippen molar-refractivity contribution >= 4 is 29.5 Å². The lowest BCUT2D eigenvalue weighted by Crippen LogP contribution is -2.43. The topological polar surface area (TPSA) is 159 Å². The Labute approximate surface area is 307 Å². The van der Waals surface area contributed by atoms with E-state index in [4.69, 9.17) is 24.3 Å². The first-order chi connectivity index (χ1) is 23.7. The highest BCUT2D eigenvalue weighted by Gasteiger charge is 2.24. The highest BCUT2D eigenvalue weighted by molar-refractivity contribution is 5.84. The molecule has 2 bridgehead atoms. The maximum absolute atomic E-state index is 12.9. The van der Waals surface area contributed by atoms with Gasteiger partial charge in [-0.25, -0.2) is 0 Å². The number of hydrogen-bond donors (Lipinski definition) is 1. The minimum absolute atomic E-state index is 0.0964. The average molecular weight is 728 g/mol. The lowest BCUT2D eigenvalue weighted by atomic mass is 10.2. The van der Waals surface area contributed by atoms with Gasteiger partial charge in [0.1, 0.15) is 30.1 Å². The number of ether oxygens (including phenoxy) is 3. The van der Waals surface area contributed by atoms with E-state index in [0.29, 0.717) is 39.4 Å². The van der Waals surface area contributed by atoms with Crippen LogP contribution < -0.4 is 0 Å². The van der Waals surface area contributed by atoms with Gasteiger partial charge in [0.2, 0.25) is 11.8 Å². The van der Waals surface area contributed by atoms with E-state index in [-0.39, 0.29) is 43.8 Å². The van der Waals surface area contributed by atoms with Crippen LogP contribution in [0, 0.1) is 0 Å². The molecule has 1 aliphatic rings. The van der Waals surface area contributed by atoms with E-state index in [1.54, 1.807) is 55.6 Å². The fraction of sp³-hybridized carbons (Fsp3) is 0.730. The minimum atomic E-state index is -0.620. The van der Waals surface area contributed by atoms with Gasteiger partial charge >= 0.3 is 11.9 Å². The normalized spacial score (nSPS) is 13.5. The molecule has 1 aliphatic heterocycles. The van der Waals surface area contributed by atoms with Gasteiger partial charge in [0.25, 0.3) is 0 Å². The third kappa shape index (κ3) is 28.9. The van der Waals surface area contributed by atoms with Crippen LogP contribution in [-0.4, -0.2) is 144 Å². The second kappa shape index (κ2) is 28.2. The molecule has 1 N–H and O–H groups in total. The molecule has 14 nitrogen and oxygen atoms in total. The van der Waals surface area contributed by atoms with Gasteiger partial charge < -0.3 is 33.9 Å². The molecule has 0 radical (unpaired) electrons. The molecule has 296 valence electrons. The van der Waals surface area contributed by atoms with Crippen molar-refractivity contribution in [2.45, 2.75) is 107 Å². The number of aromatic nitrogens is 1. The first kappa shape index (κ1) is 51.9. The van der Waals surface area contributed by atoms with E-state index >= 15 is 0 Å². The number of esters is 2. The number of aliphatic hydroxyl groups excluding tert-OH is 1. The van der Waals surface area contributed by atoms with Crippen LogP contribution in [0.25, 0.3) is 0 Å². The van der Waals surface area contributed by atoms with E-state index in [1.165, 1.54) is 23.6 Å². The van der Waals surface area contributed by atoms with Crippen LogP contribution in [-0.2, 0) is 51.3 Å². The van der Waals surface area contributed by atoms with Crippen molar-refractivity contribution in [2.75, 3.05) is 73.7 Å². The summed E-state index contributed by atoms with van der Waals surface area (Å²) < 4.78 is 16.5. The van der Waals surface area contributed by atoms with E-state index < -0.39 is 23.1 Å². The van der Waals surface area contributed by atoms with Gasteiger partial charge in [0.05, 0.1) is 37.7 Å². The number of aliphatic hydroxyl groups is 1. The smallest absolute Gasteiger partial charge is 0.326 e. The molecule has 0 spiro atoms. The van der Waals surface area contributed by atoms with Crippen molar-refractivity contribution in [3.63, 3.8) is 0 Å². The Morgan fingerprint density at radius 3 is 1.33 bits per heavy atom. The molecular weight excluding hydrogens is 658 g/mol. The average Bonchev–Trinajstić information content (AvgIpc) is 3.01. The number of rotatable bonds is 8. The number of ketones is 1. The fourth-order valence-electron chi connectivity index (χ4n) is 4.02. The van der Waals surface area contributed by atoms with Crippen LogP contribution in [0.1, 0.15) is 94.5 Å². The van der Waals surface area contributed by atoms with Crippen LogP contribution >= 0.6 is 0 Å². The molecule has 1 aromatic rings. The molecule has 51 heavy (non-hydrogen) atoms. The first-order valence-corrected chi connectivity index (χ1v) is 17.5.